The highest BCUT2D eigenvalue weighted by Crippen LogP contribution is 2.24. The van der Waals surface area contributed by atoms with Gasteiger partial charge in [0.2, 0.25) is 27.6 Å². The van der Waals surface area contributed by atoms with E-state index < -0.39 is 10.0 Å². The molecule has 196 valence electrons. The molecule has 10 heteroatoms. The van der Waals surface area contributed by atoms with Crippen molar-refractivity contribution in [1.29, 1.82) is 0 Å². The van der Waals surface area contributed by atoms with Gasteiger partial charge in [0.15, 0.2) is 0 Å². The Bertz CT molecular complexity index is 1350. The van der Waals surface area contributed by atoms with Crippen molar-refractivity contribution in [3.63, 3.8) is 0 Å². The van der Waals surface area contributed by atoms with Crippen LogP contribution < -0.4 is 0 Å². The third-order valence-electron chi connectivity index (χ3n) is 7.28. The van der Waals surface area contributed by atoms with E-state index in [9.17, 15) is 13.2 Å². The maximum atomic E-state index is 13.3. The van der Waals surface area contributed by atoms with Gasteiger partial charge in [-0.1, -0.05) is 47.1 Å². The number of carbonyl (C=O) groups is 1. The van der Waals surface area contributed by atoms with Gasteiger partial charge in [0.05, 0.1) is 17.4 Å². The second-order valence-electron chi connectivity index (χ2n) is 9.94. The van der Waals surface area contributed by atoms with Gasteiger partial charge >= 0.3 is 0 Å². The summed E-state index contributed by atoms with van der Waals surface area (Å²) in [7, 11) is -3.55. The van der Waals surface area contributed by atoms with Gasteiger partial charge < -0.3 is 9.42 Å². The van der Waals surface area contributed by atoms with Crippen LogP contribution in [0.25, 0.3) is 11.4 Å². The average molecular weight is 524 g/mol. The van der Waals surface area contributed by atoms with E-state index in [4.69, 9.17) is 4.52 Å². The number of likely N-dealkylation sites (tertiary alicyclic amines) is 1. The second kappa shape index (κ2) is 10.7. The minimum atomic E-state index is -3.55. The Morgan fingerprint density at radius 3 is 2.46 bits per heavy atom. The Morgan fingerprint density at radius 2 is 1.73 bits per heavy atom. The zero-order chi connectivity index (χ0) is 26.0. The lowest BCUT2D eigenvalue weighted by atomic mass is 9.96. The highest BCUT2D eigenvalue weighted by atomic mass is 32.2. The van der Waals surface area contributed by atoms with Gasteiger partial charge in [-0.3, -0.25) is 9.69 Å². The van der Waals surface area contributed by atoms with Crippen LogP contribution >= 0.6 is 0 Å². The summed E-state index contributed by atoms with van der Waals surface area (Å²) in [5.41, 5.74) is 3.06. The molecule has 1 amide bonds. The number of piperazine rings is 1. The molecule has 2 aromatic carbocycles. The van der Waals surface area contributed by atoms with E-state index in [1.807, 2.05) is 43.0 Å². The van der Waals surface area contributed by atoms with Gasteiger partial charge in [-0.15, -0.1) is 0 Å². The summed E-state index contributed by atoms with van der Waals surface area (Å²) in [5.74, 6) is 1.11. The summed E-state index contributed by atoms with van der Waals surface area (Å²) in [6, 6.07) is 14.8. The highest BCUT2D eigenvalue weighted by molar-refractivity contribution is 7.89. The van der Waals surface area contributed by atoms with Crippen LogP contribution in [0.1, 0.15) is 29.9 Å². The number of aryl methyl sites for hydroxylation is 2. The molecule has 0 N–H and O–H groups in total. The molecule has 1 atom stereocenters. The number of hydrogen-bond donors (Lipinski definition) is 0. The van der Waals surface area contributed by atoms with Crippen molar-refractivity contribution >= 4 is 15.9 Å². The van der Waals surface area contributed by atoms with Crippen LogP contribution in [0.2, 0.25) is 0 Å². The number of hydrogen-bond acceptors (Lipinski definition) is 7. The number of carbonyl (C=O) groups excluding carboxylic acids is 1. The van der Waals surface area contributed by atoms with Gasteiger partial charge in [0.25, 0.3) is 0 Å². The topological polar surface area (TPSA) is 99.9 Å². The van der Waals surface area contributed by atoms with Crippen molar-refractivity contribution in [3.05, 3.63) is 65.5 Å². The van der Waals surface area contributed by atoms with E-state index in [2.05, 4.69) is 15.0 Å². The van der Waals surface area contributed by atoms with E-state index in [0.717, 1.165) is 36.1 Å². The Morgan fingerprint density at radius 1 is 1.00 bits per heavy atom. The van der Waals surface area contributed by atoms with E-state index >= 15 is 0 Å². The molecule has 5 rings (SSSR count). The number of amides is 1. The van der Waals surface area contributed by atoms with Crippen molar-refractivity contribution in [2.24, 2.45) is 5.92 Å². The Kier molecular flexibility index (Phi) is 7.41. The number of benzene rings is 2. The van der Waals surface area contributed by atoms with Crippen molar-refractivity contribution in [3.8, 4) is 11.4 Å². The molecule has 3 aromatic rings. The predicted molar refractivity (Wildman–Crippen MR) is 139 cm³/mol. The lowest BCUT2D eigenvalue weighted by molar-refractivity contribution is -0.138. The molecule has 0 saturated carbocycles. The number of nitrogens with zero attached hydrogens (tertiary/aromatic N) is 5. The summed E-state index contributed by atoms with van der Waals surface area (Å²) in [4.78, 5) is 22.2. The van der Waals surface area contributed by atoms with Crippen LogP contribution in [-0.2, 0) is 21.4 Å². The summed E-state index contributed by atoms with van der Waals surface area (Å²) in [5, 5.41) is 4.15. The largest absolute Gasteiger partial charge is 0.340 e. The van der Waals surface area contributed by atoms with Crippen molar-refractivity contribution in [2.45, 2.75) is 38.1 Å². The number of sulfonamides is 1. The second-order valence-corrected chi connectivity index (χ2v) is 11.9. The normalized spacial score (nSPS) is 19.7. The fourth-order valence-electron chi connectivity index (χ4n) is 5.11. The molecule has 0 spiro atoms. The molecule has 9 nitrogen and oxygen atoms in total. The average Bonchev–Trinajstić information content (AvgIpc) is 3.37. The third-order valence-corrected chi connectivity index (χ3v) is 9.19. The van der Waals surface area contributed by atoms with E-state index in [1.165, 1.54) is 4.31 Å². The smallest absolute Gasteiger partial charge is 0.243 e. The molecule has 2 aliphatic heterocycles. The van der Waals surface area contributed by atoms with Crippen LogP contribution in [0.5, 0.6) is 0 Å². The third kappa shape index (κ3) is 5.61. The van der Waals surface area contributed by atoms with E-state index in [1.54, 1.807) is 24.3 Å². The predicted octanol–water partition coefficient (Wildman–Crippen LogP) is 3.10. The Labute approximate surface area is 218 Å². The molecule has 2 fully saturated rings. The quantitative estimate of drug-likeness (QED) is 0.490. The molecule has 2 saturated heterocycles. The lowest BCUT2D eigenvalue weighted by Crippen LogP contribution is -2.53. The van der Waals surface area contributed by atoms with Crippen LogP contribution in [0.3, 0.4) is 0 Å². The van der Waals surface area contributed by atoms with Crippen LogP contribution in [-0.4, -0.2) is 77.8 Å². The fraction of sp³-hybridized carbons (Fsp3) is 0.444. The van der Waals surface area contributed by atoms with E-state index in [0.29, 0.717) is 55.9 Å². The first-order valence-electron chi connectivity index (χ1n) is 12.8. The van der Waals surface area contributed by atoms with Gasteiger partial charge in [-0.2, -0.15) is 9.29 Å². The highest BCUT2D eigenvalue weighted by Gasteiger charge is 2.34. The Hall–Kier alpha value is -3.08. The van der Waals surface area contributed by atoms with Crippen molar-refractivity contribution in [1.82, 2.24) is 24.2 Å². The van der Waals surface area contributed by atoms with Gasteiger partial charge in [-0.25, -0.2) is 8.42 Å². The summed E-state index contributed by atoms with van der Waals surface area (Å²) in [6.07, 6.45) is 1.74. The molecular formula is C27H33N5O4S. The Balaban J connectivity index is 1.16. The number of aromatic nitrogens is 2. The van der Waals surface area contributed by atoms with Gasteiger partial charge in [0, 0.05) is 38.3 Å². The van der Waals surface area contributed by atoms with Crippen molar-refractivity contribution < 1.29 is 17.7 Å². The van der Waals surface area contributed by atoms with Crippen LogP contribution in [0.4, 0.5) is 0 Å². The zero-order valence-corrected chi connectivity index (χ0v) is 22.2. The monoisotopic (exact) mass is 523 g/mol. The standard InChI is InChI=1S/C27H33N5O4S/c1-20-9-11-23(12-10-20)37(34,35)32-16-14-31(15-17-32)27(33)22-7-5-13-30(18-22)19-25-28-26(29-36-25)24-8-4-3-6-21(24)2/h3-4,6,8-12,22H,5,7,13-19H2,1-2H3. The molecule has 37 heavy (non-hydrogen) atoms. The fourth-order valence-corrected chi connectivity index (χ4v) is 6.53. The maximum Gasteiger partial charge on any atom is 0.243 e. The van der Waals surface area contributed by atoms with Crippen LogP contribution in [0, 0.1) is 19.8 Å². The van der Waals surface area contributed by atoms with Crippen molar-refractivity contribution in [2.75, 3.05) is 39.3 Å². The molecule has 2 aliphatic rings. The van der Waals surface area contributed by atoms with Crippen LogP contribution in [0.15, 0.2) is 57.9 Å². The van der Waals surface area contributed by atoms with Gasteiger partial charge in [-0.05, 0) is 50.9 Å². The zero-order valence-electron chi connectivity index (χ0n) is 21.3. The minimum absolute atomic E-state index is 0.100. The first-order chi connectivity index (χ1) is 17.8. The summed E-state index contributed by atoms with van der Waals surface area (Å²) >= 11 is 0. The molecule has 0 aliphatic carbocycles. The molecule has 0 radical (unpaired) electrons. The first-order valence-corrected chi connectivity index (χ1v) is 14.2. The lowest BCUT2D eigenvalue weighted by Gasteiger charge is -2.38. The molecular weight excluding hydrogens is 490 g/mol. The molecule has 1 unspecified atom stereocenters. The molecule has 1 aromatic heterocycles. The van der Waals surface area contributed by atoms with E-state index in [-0.39, 0.29) is 11.8 Å². The SMILES string of the molecule is Cc1ccc(S(=O)(=O)N2CCN(C(=O)C3CCCN(Cc4nc(-c5ccccc5C)no4)C3)CC2)cc1. The molecule has 3 heterocycles. The van der Waals surface area contributed by atoms with Gasteiger partial charge in [0.1, 0.15) is 0 Å². The summed E-state index contributed by atoms with van der Waals surface area (Å²) in [6.45, 7) is 7.38. The first kappa shape index (κ1) is 25.6. The summed E-state index contributed by atoms with van der Waals surface area (Å²) < 4.78 is 33.0. The maximum absolute atomic E-state index is 13.3. The number of piperidine rings is 1. The molecule has 0 bridgehead atoms. The minimum Gasteiger partial charge on any atom is -0.340 e. The number of rotatable bonds is 6.